The zero-order valence-corrected chi connectivity index (χ0v) is 10.5. The SMILES string of the molecule is O=C(c1cccc(CCl)c1)N1CC2CCC1C2. The number of likely N-dealkylation sites (tertiary alicyclic amines) is 1. The molecule has 2 unspecified atom stereocenters. The Hall–Kier alpha value is -1.02. The normalized spacial score (nSPS) is 26.5. The summed E-state index contributed by atoms with van der Waals surface area (Å²) in [6.07, 6.45) is 3.70. The second kappa shape index (κ2) is 4.34. The van der Waals surface area contributed by atoms with Crippen LogP contribution >= 0.6 is 11.6 Å². The van der Waals surface area contributed by atoms with E-state index in [2.05, 4.69) is 4.90 Å². The largest absolute Gasteiger partial charge is 0.335 e. The van der Waals surface area contributed by atoms with Gasteiger partial charge in [0.2, 0.25) is 0 Å². The van der Waals surface area contributed by atoms with Gasteiger partial charge < -0.3 is 4.90 Å². The van der Waals surface area contributed by atoms with Crippen molar-refractivity contribution in [3.8, 4) is 0 Å². The molecule has 0 radical (unpaired) electrons. The highest BCUT2D eigenvalue weighted by molar-refractivity contribution is 6.17. The molecule has 2 bridgehead atoms. The van der Waals surface area contributed by atoms with Crippen LogP contribution < -0.4 is 0 Å². The third-order valence-electron chi connectivity index (χ3n) is 4.00. The molecule has 1 heterocycles. The van der Waals surface area contributed by atoms with E-state index in [1.807, 2.05) is 24.3 Å². The van der Waals surface area contributed by atoms with Gasteiger partial charge in [-0.1, -0.05) is 12.1 Å². The van der Waals surface area contributed by atoms with Crippen molar-refractivity contribution in [2.75, 3.05) is 6.54 Å². The average molecular weight is 250 g/mol. The topological polar surface area (TPSA) is 20.3 Å². The van der Waals surface area contributed by atoms with Crippen LogP contribution in [0.1, 0.15) is 35.2 Å². The molecule has 2 aliphatic rings. The molecule has 2 fully saturated rings. The molecule has 1 aliphatic carbocycles. The van der Waals surface area contributed by atoms with Gasteiger partial charge in [0.25, 0.3) is 5.91 Å². The van der Waals surface area contributed by atoms with Crippen LogP contribution in [-0.2, 0) is 5.88 Å². The van der Waals surface area contributed by atoms with Crippen molar-refractivity contribution in [2.24, 2.45) is 5.92 Å². The van der Waals surface area contributed by atoms with Crippen LogP contribution in [-0.4, -0.2) is 23.4 Å². The first-order valence-corrected chi connectivity index (χ1v) is 6.77. The van der Waals surface area contributed by atoms with E-state index in [-0.39, 0.29) is 5.91 Å². The van der Waals surface area contributed by atoms with Gasteiger partial charge in [0.05, 0.1) is 0 Å². The number of amides is 1. The first-order valence-electron chi connectivity index (χ1n) is 6.24. The number of piperidine rings is 1. The van der Waals surface area contributed by atoms with Gasteiger partial charge in [0.1, 0.15) is 0 Å². The minimum atomic E-state index is 0.184. The fourth-order valence-corrected chi connectivity index (χ4v) is 3.29. The third kappa shape index (κ3) is 1.95. The number of carbonyl (C=O) groups is 1. The van der Waals surface area contributed by atoms with E-state index in [0.717, 1.165) is 23.6 Å². The highest BCUT2D eigenvalue weighted by Gasteiger charge is 2.40. The number of carbonyl (C=O) groups excluding carboxylic acids is 1. The number of hydrogen-bond acceptors (Lipinski definition) is 1. The Morgan fingerprint density at radius 3 is 2.94 bits per heavy atom. The Morgan fingerprint density at radius 1 is 1.41 bits per heavy atom. The van der Waals surface area contributed by atoms with Gasteiger partial charge in [-0.25, -0.2) is 0 Å². The van der Waals surface area contributed by atoms with Crippen LogP contribution in [0.15, 0.2) is 24.3 Å². The van der Waals surface area contributed by atoms with Crippen molar-refractivity contribution in [3.63, 3.8) is 0 Å². The van der Waals surface area contributed by atoms with Gasteiger partial charge in [-0.15, -0.1) is 11.6 Å². The Kier molecular flexibility index (Phi) is 2.83. The van der Waals surface area contributed by atoms with Gasteiger partial charge in [-0.2, -0.15) is 0 Å². The zero-order chi connectivity index (χ0) is 11.8. The molecule has 1 saturated carbocycles. The average Bonchev–Trinajstić information content (AvgIpc) is 3.00. The predicted molar refractivity (Wildman–Crippen MR) is 68.2 cm³/mol. The lowest BCUT2D eigenvalue weighted by Crippen LogP contribution is -2.37. The van der Waals surface area contributed by atoms with Crippen molar-refractivity contribution < 1.29 is 4.79 Å². The van der Waals surface area contributed by atoms with Gasteiger partial charge in [0, 0.05) is 24.0 Å². The summed E-state index contributed by atoms with van der Waals surface area (Å²) in [6, 6.07) is 8.18. The van der Waals surface area contributed by atoms with E-state index < -0.39 is 0 Å². The maximum Gasteiger partial charge on any atom is 0.254 e. The summed E-state index contributed by atoms with van der Waals surface area (Å²) in [5.74, 6) is 1.40. The van der Waals surface area contributed by atoms with Crippen molar-refractivity contribution in [3.05, 3.63) is 35.4 Å². The summed E-state index contributed by atoms with van der Waals surface area (Å²) in [5, 5.41) is 0. The lowest BCUT2D eigenvalue weighted by atomic mass is 10.1. The zero-order valence-electron chi connectivity index (χ0n) is 9.73. The number of alkyl halides is 1. The van der Waals surface area contributed by atoms with Crippen LogP contribution in [0.5, 0.6) is 0 Å². The smallest absolute Gasteiger partial charge is 0.254 e. The molecule has 1 saturated heterocycles. The molecule has 1 aromatic rings. The monoisotopic (exact) mass is 249 g/mol. The first kappa shape index (κ1) is 11.1. The molecule has 0 spiro atoms. The van der Waals surface area contributed by atoms with E-state index in [1.54, 1.807) is 0 Å². The van der Waals surface area contributed by atoms with Crippen molar-refractivity contribution >= 4 is 17.5 Å². The first-order chi connectivity index (χ1) is 8.28. The molecule has 2 atom stereocenters. The van der Waals surface area contributed by atoms with Crippen LogP contribution in [0, 0.1) is 5.92 Å². The fraction of sp³-hybridized carbons (Fsp3) is 0.500. The van der Waals surface area contributed by atoms with E-state index in [9.17, 15) is 4.79 Å². The van der Waals surface area contributed by atoms with Crippen molar-refractivity contribution in [2.45, 2.75) is 31.2 Å². The number of fused-ring (bicyclic) bond motifs is 2. The number of halogens is 1. The van der Waals surface area contributed by atoms with E-state index in [4.69, 9.17) is 11.6 Å². The number of rotatable bonds is 2. The lowest BCUT2D eigenvalue weighted by molar-refractivity contribution is 0.0703. The molecule has 1 aliphatic heterocycles. The van der Waals surface area contributed by atoms with Gasteiger partial charge in [0.15, 0.2) is 0 Å². The molecule has 0 aromatic heterocycles. The molecule has 17 heavy (non-hydrogen) atoms. The Morgan fingerprint density at radius 2 is 2.29 bits per heavy atom. The summed E-state index contributed by atoms with van der Waals surface area (Å²) in [6.45, 7) is 0.953. The highest BCUT2D eigenvalue weighted by Crippen LogP contribution is 2.38. The summed E-state index contributed by atoms with van der Waals surface area (Å²) in [7, 11) is 0. The van der Waals surface area contributed by atoms with E-state index >= 15 is 0 Å². The summed E-state index contributed by atoms with van der Waals surface area (Å²) in [4.78, 5) is 14.4. The summed E-state index contributed by atoms with van der Waals surface area (Å²) >= 11 is 5.80. The van der Waals surface area contributed by atoms with E-state index in [1.165, 1.54) is 19.3 Å². The van der Waals surface area contributed by atoms with Crippen molar-refractivity contribution in [1.82, 2.24) is 4.90 Å². The molecular weight excluding hydrogens is 234 g/mol. The molecule has 2 nitrogen and oxygen atoms in total. The molecule has 90 valence electrons. The van der Waals surface area contributed by atoms with E-state index in [0.29, 0.717) is 11.9 Å². The van der Waals surface area contributed by atoms with Crippen LogP contribution in [0.2, 0.25) is 0 Å². The Labute approximate surface area is 107 Å². The molecule has 1 aromatic carbocycles. The molecule has 0 N–H and O–H groups in total. The Bertz CT molecular complexity index is 446. The molecule has 3 heteroatoms. The number of benzene rings is 1. The predicted octanol–water partition coefficient (Wildman–Crippen LogP) is 3.05. The van der Waals surface area contributed by atoms with Gasteiger partial charge in [-0.3, -0.25) is 4.79 Å². The fourth-order valence-electron chi connectivity index (χ4n) is 3.13. The second-order valence-corrected chi connectivity index (χ2v) is 5.39. The minimum Gasteiger partial charge on any atom is -0.335 e. The standard InChI is InChI=1S/C14H16ClNO/c15-8-10-2-1-3-12(6-10)14(17)16-9-11-4-5-13(16)7-11/h1-3,6,11,13H,4-5,7-9H2. The number of hydrogen-bond donors (Lipinski definition) is 0. The molecular formula is C14H16ClNO. The maximum absolute atomic E-state index is 12.4. The highest BCUT2D eigenvalue weighted by atomic mass is 35.5. The quantitative estimate of drug-likeness (QED) is 0.738. The third-order valence-corrected chi connectivity index (χ3v) is 4.31. The maximum atomic E-state index is 12.4. The summed E-state index contributed by atoms with van der Waals surface area (Å²) in [5.41, 5.74) is 1.80. The second-order valence-electron chi connectivity index (χ2n) is 5.12. The lowest BCUT2D eigenvalue weighted by Gasteiger charge is -2.27. The molecule has 3 rings (SSSR count). The number of nitrogens with zero attached hydrogens (tertiary/aromatic N) is 1. The van der Waals surface area contributed by atoms with Gasteiger partial charge in [-0.05, 0) is 42.9 Å². The Balaban J connectivity index is 1.81. The van der Waals surface area contributed by atoms with Crippen LogP contribution in [0.3, 0.4) is 0 Å². The van der Waals surface area contributed by atoms with Crippen molar-refractivity contribution in [1.29, 1.82) is 0 Å². The minimum absolute atomic E-state index is 0.184. The van der Waals surface area contributed by atoms with Crippen LogP contribution in [0.4, 0.5) is 0 Å². The molecule has 1 amide bonds. The van der Waals surface area contributed by atoms with Gasteiger partial charge >= 0.3 is 0 Å². The summed E-state index contributed by atoms with van der Waals surface area (Å²) < 4.78 is 0. The van der Waals surface area contributed by atoms with Crippen LogP contribution in [0.25, 0.3) is 0 Å².